The van der Waals surface area contributed by atoms with Gasteiger partial charge in [0, 0.05) is 29.6 Å². The number of benzene rings is 1. The van der Waals surface area contributed by atoms with Gasteiger partial charge in [-0.1, -0.05) is 18.2 Å². The van der Waals surface area contributed by atoms with E-state index in [4.69, 9.17) is 0 Å². The molecular weight excluding hydrogens is 362 g/mol. The van der Waals surface area contributed by atoms with Gasteiger partial charge < -0.3 is 5.32 Å². The van der Waals surface area contributed by atoms with Gasteiger partial charge in [-0.2, -0.15) is 0 Å². The lowest BCUT2D eigenvalue weighted by molar-refractivity contribution is -0.121. The zero-order chi connectivity index (χ0) is 18.6. The molecule has 1 saturated carbocycles. The fourth-order valence-corrected chi connectivity index (χ4v) is 4.48. The number of hydrazine groups is 1. The van der Waals surface area contributed by atoms with E-state index in [1.807, 2.05) is 23.6 Å². The first-order chi connectivity index (χ1) is 13.2. The molecule has 1 saturated heterocycles. The molecule has 0 bridgehead atoms. The van der Waals surface area contributed by atoms with Gasteiger partial charge in [0.25, 0.3) is 5.91 Å². The Morgan fingerprint density at radius 1 is 1.22 bits per heavy atom. The molecule has 2 aromatic rings. The first kappa shape index (κ1) is 18.1. The highest BCUT2D eigenvalue weighted by Gasteiger charge is 2.34. The minimum atomic E-state index is -0.198. The molecule has 1 aromatic heterocycles. The second-order valence-electron chi connectivity index (χ2n) is 7.11. The fraction of sp³-hybridized carbons (Fsp3) is 0.421. The van der Waals surface area contributed by atoms with Crippen LogP contribution in [0.15, 0.2) is 35.7 Å². The second kappa shape index (κ2) is 8.16. The van der Waals surface area contributed by atoms with Crippen molar-refractivity contribution in [1.29, 1.82) is 0 Å². The van der Waals surface area contributed by atoms with E-state index >= 15 is 0 Å². The first-order valence-corrected chi connectivity index (χ1v) is 10.1. The van der Waals surface area contributed by atoms with E-state index in [1.165, 1.54) is 11.3 Å². The standard InChI is InChI=1S/C19H23N5O2S/c25-17(21-14-6-7-16-13(8-14)10-20-24-16)9-15-11-27-19(22-15)23-18(26)12-4-2-1-3-5-12/h1-5,11,13-14,16,20,24H,6-10H2,(H,21,25)(H,22,23,26). The molecule has 0 spiro atoms. The number of thiazole rings is 1. The minimum absolute atomic E-state index is 0.0106. The molecule has 2 fully saturated rings. The van der Waals surface area contributed by atoms with Crippen LogP contribution in [-0.4, -0.2) is 35.4 Å². The van der Waals surface area contributed by atoms with E-state index in [9.17, 15) is 9.59 Å². The lowest BCUT2D eigenvalue weighted by atomic mass is 9.83. The van der Waals surface area contributed by atoms with Gasteiger partial charge in [-0.05, 0) is 37.3 Å². The van der Waals surface area contributed by atoms with Crippen LogP contribution in [0.4, 0.5) is 5.13 Å². The second-order valence-corrected chi connectivity index (χ2v) is 7.97. The molecule has 4 N–H and O–H groups in total. The van der Waals surface area contributed by atoms with Gasteiger partial charge >= 0.3 is 0 Å². The van der Waals surface area contributed by atoms with Crippen molar-refractivity contribution in [3.05, 3.63) is 47.0 Å². The molecule has 8 heteroatoms. The summed E-state index contributed by atoms with van der Waals surface area (Å²) in [5.74, 6) is 0.378. The van der Waals surface area contributed by atoms with Gasteiger partial charge in [-0.15, -0.1) is 11.3 Å². The summed E-state index contributed by atoms with van der Waals surface area (Å²) in [6.07, 6.45) is 3.32. The molecule has 1 aromatic carbocycles. The summed E-state index contributed by atoms with van der Waals surface area (Å²) < 4.78 is 0. The smallest absolute Gasteiger partial charge is 0.257 e. The van der Waals surface area contributed by atoms with E-state index in [1.54, 1.807) is 12.1 Å². The Bertz CT molecular complexity index is 809. The molecule has 2 heterocycles. The van der Waals surface area contributed by atoms with Crippen molar-refractivity contribution in [1.82, 2.24) is 21.2 Å². The molecule has 0 radical (unpaired) electrons. The van der Waals surface area contributed by atoms with Crippen LogP contribution in [0, 0.1) is 5.92 Å². The van der Waals surface area contributed by atoms with E-state index in [0.717, 1.165) is 25.8 Å². The molecule has 1 aliphatic heterocycles. The third-order valence-electron chi connectivity index (χ3n) is 5.15. The van der Waals surface area contributed by atoms with Gasteiger partial charge in [0.2, 0.25) is 5.91 Å². The van der Waals surface area contributed by atoms with Gasteiger partial charge in [-0.25, -0.2) is 4.98 Å². The molecule has 142 valence electrons. The molecule has 27 heavy (non-hydrogen) atoms. The van der Waals surface area contributed by atoms with E-state index in [2.05, 4.69) is 26.5 Å². The van der Waals surface area contributed by atoms with Gasteiger partial charge in [0.05, 0.1) is 12.1 Å². The number of hydrogen-bond acceptors (Lipinski definition) is 6. The van der Waals surface area contributed by atoms with Gasteiger partial charge in [-0.3, -0.25) is 25.8 Å². The summed E-state index contributed by atoms with van der Waals surface area (Å²) in [6, 6.07) is 9.77. The third kappa shape index (κ3) is 4.52. The highest BCUT2D eigenvalue weighted by atomic mass is 32.1. The Hall–Kier alpha value is -2.29. The van der Waals surface area contributed by atoms with Crippen LogP contribution in [0.2, 0.25) is 0 Å². The number of fused-ring (bicyclic) bond motifs is 1. The summed E-state index contributed by atoms with van der Waals surface area (Å²) in [5.41, 5.74) is 7.76. The Kier molecular flexibility index (Phi) is 5.47. The maximum Gasteiger partial charge on any atom is 0.257 e. The van der Waals surface area contributed by atoms with Crippen LogP contribution >= 0.6 is 11.3 Å². The normalized spacial score (nSPS) is 24.2. The fourth-order valence-electron chi connectivity index (χ4n) is 3.78. The first-order valence-electron chi connectivity index (χ1n) is 9.26. The lowest BCUT2D eigenvalue weighted by Crippen LogP contribution is -2.44. The van der Waals surface area contributed by atoms with Crippen LogP contribution < -0.4 is 21.5 Å². The summed E-state index contributed by atoms with van der Waals surface area (Å²) in [5, 5.41) is 8.25. The molecule has 2 aliphatic rings. The largest absolute Gasteiger partial charge is 0.353 e. The summed E-state index contributed by atoms with van der Waals surface area (Å²) in [7, 11) is 0. The predicted octanol–water partition coefficient (Wildman–Crippen LogP) is 1.70. The number of carbonyl (C=O) groups excluding carboxylic acids is 2. The van der Waals surface area contributed by atoms with Crippen molar-refractivity contribution < 1.29 is 9.59 Å². The molecule has 3 unspecified atom stereocenters. The van der Waals surface area contributed by atoms with Crippen LogP contribution in [0.25, 0.3) is 0 Å². The summed E-state index contributed by atoms with van der Waals surface area (Å²) in [6.45, 7) is 0.966. The maximum atomic E-state index is 12.4. The molecule has 1 aliphatic carbocycles. The molecule has 7 nitrogen and oxygen atoms in total. The third-order valence-corrected chi connectivity index (χ3v) is 5.96. The number of carbonyl (C=O) groups is 2. The maximum absolute atomic E-state index is 12.4. The molecule has 4 rings (SSSR count). The van der Waals surface area contributed by atoms with Crippen molar-refractivity contribution in [3.8, 4) is 0 Å². The van der Waals surface area contributed by atoms with Crippen molar-refractivity contribution in [2.24, 2.45) is 5.92 Å². The number of nitrogens with zero attached hydrogens (tertiary/aromatic N) is 1. The monoisotopic (exact) mass is 385 g/mol. The number of rotatable bonds is 5. The van der Waals surface area contributed by atoms with Crippen LogP contribution in [0.5, 0.6) is 0 Å². The summed E-state index contributed by atoms with van der Waals surface area (Å²) >= 11 is 1.33. The Balaban J connectivity index is 1.27. The van der Waals surface area contributed by atoms with Crippen LogP contribution in [0.1, 0.15) is 35.3 Å². The van der Waals surface area contributed by atoms with Gasteiger partial charge in [0.15, 0.2) is 5.13 Å². The van der Waals surface area contributed by atoms with Gasteiger partial charge in [0.1, 0.15) is 0 Å². The topological polar surface area (TPSA) is 95.2 Å². The van der Waals surface area contributed by atoms with E-state index in [-0.39, 0.29) is 24.3 Å². The number of aromatic nitrogens is 1. The highest BCUT2D eigenvalue weighted by molar-refractivity contribution is 7.14. The van der Waals surface area contributed by atoms with Crippen molar-refractivity contribution in [3.63, 3.8) is 0 Å². The number of nitrogens with one attached hydrogen (secondary N) is 4. The number of anilines is 1. The SMILES string of the molecule is O=C(Cc1csc(NC(=O)c2ccccc2)n1)NC1CCC2NNCC2C1. The Labute approximate surface area is 161 Å². The highest BCUT2D eigenvalue weighted by Crippen LogP contribution is 2.26. The number of hydrogen-bond donors (Lipinski definition) is 4. The lowest BCUT2D eigenvalue weighted by Gasteiger charge is -2.31. The quantitative estimate of drug-likeness (QED) is 0.628. The molecular formula is C19H23N5O2S. The molecule has 3 atom stereocenters. The van der Waals surface area contributed by atoms with Crippen molar-refractivity contribution in [2.75, 3.05) is 11.9 Å². The average molecular weight is 385 g/mol. The van der Waals surface area contributed by atoms with Crippen LogP contribution in [0.3, 0.4) is 0 Å². The van der Waals surface area contributed by atoms with Crippen LogP contribution in [-0.2, 0) is 11.2 Å². The Morgan fingerprint density at radius 2 is 2.07 bits per heavy atom. The molecule has 2 amide bonds. The van der Waals surface area contributed by atoms with Crippen molar-refractivity contribution in [2.45, 2.75) is 37.8 Å². The van der Waals surface area contributed by atoms with E-state index < -0.39 is 0 Å². The average Bonchev–Trinajstić information content (AvgIpc) is 3.31. The van der Waals surface area contributed by atoms with Crippen molar-refractivity contribution >= 4 is 28.3 Å². The van der Waals surface area contributed by atoms with E-state index in [0.29, 0.717) is 28.3 Å². The Morgan fingerprint density at radius 3 is 2.93 bits per heavy atom. The zero-order valence-electron chi connectivity index (χ0n) is 14.9. The predicted molar refractivity (Wildman–Crippen MR) is 104 cm³/mol. The minimum Gasteiger partial charge on any atom is -0.353 e. The zero-order valence-corrected chi connectivity index (χ0v) is 15.7. The number of amides is 2. The summed E-state index contributed by atoms with van der Waals surface area (Å²) in [4.78, 5) is 28.9.